The summed E-state index contributed by atoms with van der Waals surface area (Å²) in [6, 6.07) is 16.3. The number of aryl methyl sites for hydroxylation is 1. The molecule has 0 fully saturated rings. The van der Waals surface area contributed by atoms with Gasteiger partial charge in [-0.05, 0) is 52.1 Å². The second-order valence-corrected chi connectivity index (χ2v) is 7.63. The van der Waals surface area contributed by atoms with Crippen molar-refractivity contribution in [3.63, 3.8) is 0 Å². The molecule has 5 nitrogen and oxygen atoms in total. The molecule has 0 aliphatic heterocycles. The molecule has 0 aromatic heterocycles. The smallest absolute Gasteiger partial charge is 0.128 e. The molecule has 0 amide bonds. The summed E-state index contributed by atoms with van der Waals surface area (Å²) >= 11 is 5.99. The van der Waals surface area contributed by atoms with Crippen molar-refractivity contribution >= 4 is 23.3 Å². The zero-order valence-electron chi connectivity index (χ0n) is 18.6. The average Bonchev–Trinajstić information content (AvgIpc) is 2.74. The fraction of sp³-hybridized carbons (Fsp3) is 0.417. The number of nitrogens with zero attached hydrogens (tertiary/aromatic N) is 3. The largest absolute Gasteiger partial charge is 0.370 e. The van der Waals surface area contributed by atoms with E-state index in [4.69, 9.17) is 21.6 Å². The number of aliphatic imine (C=N–C) groups is 2. The molecule has 6 heteroatoms. The van der Waals surface area contributed by atoms with Crippen molar-refractivity contribution in [1.82, 2.24) is 15.5 Å². The van der Waals surface area contributed by atoms with Gasteiger partial charge in [-0.3, -0.25) is 9.98 Å². The molecule has 0 spiro atoms. The highest BCUT2D eigenvalue weighted by atomic mass is 35.5. The molecule has 0 aliphatic rings. The summed E-state index contributed by atoms with van der Waals surface area (Å²) in [5, 5.41) is 7.46. The first-order valence-corrected chi connectivity index (χ1v) is 11.0. The van der Waals surface area contributed by atoms with Crippen molar-refractivity contribution in [3.05, 3.63) is 70.2 Å². The van der Waals surface area contributed by atoms with Gasteiger partial charge in [0, 0.05) is 42.3 Å². The fourth-order valence-corrected chi connectivity index (χ4v) is 3.06. The van der Waals surface area contributed by atoms with Gasteiger partial charge in [0.05, 0.1) is 13.1 Å². The van der Waals surface area contributed by atoms with E-state index in [-0.39, 0.29) is 0 Å². The van der Waals surface area contributed by atoms with Gasteiger partial charge >= 0.3 is 0 Å². The maximum atomic E-state index is 5.99. The number of likely N-dealkylation sites (N-methyl/N-ethyl adjacent to an activating group) is 1. The van der Waals surface area contributed by atoms with Gasteiger partial charge in [0.25, 0.3) is 0 Å². The van der Waals surface area contributed by atoms with Crippen molar-refractivity contribution in [3.8, 4) is 0 Å². The van der Waals surface area contributed by atoms with Crippen LogP contribution in [0.4, 0.5) is 0 Å². The van der Waals surface area contributed by atoms with Crippen LogP contribution in [0.2, 0.25) is 5.02 Å². The maximum absolute atomic E-state index is 5.99. The maximum Gasteiger partial charge on any atom is 0.128 e. The van der Waals surface area contributed by atoms with E-state index in [9.17, 15) is 0 Å². The van der Waals surface area contributed by atoms with E-state index < -0.39 is 0 Å². The number of halogens is 1. The molecular weight excluding hydrogens is 394 g/mol. The average molecular weight is 428 g/mol. The molecule has 2 aromatic carbocycles. The minimum Gasteiger partial charge on any atom is -0.370 e. The molecule has 0 unspecified atom stereocenters. The van der Waals surface area contributed by atoms with E-state index in [1.165, 1.54) is 5.56 Å². The number of hydrogen-bond donors (Lipinski definition) is 2. The molecule has 30 heavy (non-hydrogen) atoms. The Morgan fingerprint density at radius 1 is 0.800 bits per heavy atom. The Morgan fingerprint density at radius 2 is 1.23 bits per heavy atom. The number of benzene rings is 2. The van der Waals surface area contributed by atoms with Crippen molar-refractivity contribution in [1.29, 1.82) is 0 Å². The molecule has 0 saturated heterocycles. The summed E-state index contributed by atoms with van der Waals surface area (Å²) in [4.78, 5) is 11.8. The molecule has 2 rings (SSSR count). The fourth-order valence-electron chi connectivity index (χ4n) is 2.93. The highest BCUT2D eigenvalue weighted by Crippen LogP contribution is 2.10. The topological polar surface area (TPSA) is 52.0 Å². The lowest BCUT2D eigenvalue weighted by molar-refractivity contribution is 0.354. The van der Waals surface area contributed by atoms with Gasteiger partial charge in [0.1, 0.15) is 11.7 Å². The summed E-state index contributed by atoms with van der Waals surface area (Å²) in [7, 11) is 2.11. The Bertz CT molecular complexity index is 743. The molecule has 2 aromatic rings. The molecule has 162 valence electrons. The zero-order valence-corrected chi connectivity index (χ0v) is 19.3. The second-order valence-electron chi connectivity index (χ2n) is 7.20. The molecule has 0 aliphatic carbocycles. The predicted molar refractivity (Wildman–Crippen MR) is 130 cm³/mol. The van der Waals surface area contributed by atoms with E-state index in [0.717, 1.165) is 67.1 Å². The first kappa shape index (κ1) is 23.9. The third kappa shape index (κ3) is 8.17. The van der Waals surface area contributed by atoms with Crippen molar-refractivity contribution in [2.45, 2.75) is 20.8 Å². The number of hydrogen-bond acceptors (Lipinski definition) is 3. The van der Waals surface area contributed by atoms with Gasteiger partial charge < -0.3 is 15.5 Å². The predicted octanol–water partition coefficient (Wildman–Crippen LogP) is 3.99. The number of nitrogens with one attached hydrogen (secondary N) is 2. The second kappa shape index (κ2) is 13.0. The zero-order chi connectivity index (χ0) is 21.8. The van der Waals surface area contributed by atoms with Crippen LogP contribution in [0.1, 0.15) is 30.5 Å². The van der Waals surface area contributed by atoms with E-state index in [2.05, 4.69) is 67.6 Å². The lowest BCUT2D eigenvalue weighted by atomic mass is 10.1. The van der Waals surface area contributed by atoms with Crippen molar-refractivity contribution in [2.24, 2.45) is 9.98 Å². The van der Waals surface area contributed by atoms with Crippen LogP contribution in [0.3, 0.4) is 0 Å². The van der Waals surface area contributed by atoms with Crippen LogP contribution in [0.25, 0.3) is 0 Å². The standard InChI is InChI=1S/C24H34ClN5/c1-5-26-23(20-9-7-19(3)8-10-20)28-15-17-30(4)18-16-29-24(27-6-2)21-11-13-22(25)14-12-21/h7-14H,5-6,15-18H2,1-4H3,(H,26,28)(H,27,29). The first-order valence-electron chi connectivity index (χ1n) is 10.6. The lowest BCUT2D eigenvalue weighted by Gasteiger charge is -2.16. The molecule has 0 radical (unpaired) electrons. The highest BCUT2D eigenvalue weighted by molar-refractivity contribution is 6.30. The third-order valence-corrected chi connectivity index (χ3v) is 4.89. The van der Waals surface area contributed by atoms with Crippen LogP contribution in [-0.2, 0) is 0 Å². The van der Waals surface area contributed by atoms with Crippen molar-refractivity contribution < 1.29 is 0 Å². The monoisotopic (exact) mass is 427 g/mol. The SMILES string of the molecule is CCNC(=NCCN(C)CCN=C(NCC)c1ccc(Cl)cc1)c1ccc(C)cc1. The third-order valence-electron chi connectivity index (χ3n) is 4.63. The normalized spacial score (nSPS) is 12.3. The molecule has 0 atom stereocenters. The summed E-state index contributed by atoms with van der Waals surface area (Å²) in [5.74, 6) is 1.87. The van der Waals surface area contributed by atoms with Crippen LogP contribution in [0.15, 0.2) is 58.5 Å². The van der Waals surface area contributed by atoms with Gasteiger partial charge in [0.15, 0.2) is 0 Å². The van der Waals surface area contributed by atoms with Crippen LogP contribution < -0.4 is 10.6 Å². The van der Waals surface area contributed by atoms with Gasteiger partial charge in [-0.2, -0.15) is 0 Å². The lowest BCUT2D eigenvalue weighted by Crippen LogP contribution is -2.29. The number of amidine groups is 2. The van der Waals surface area contributed by atoms with Gasteiger partial charge in [-0.1, -0.05) is 41.4 Å². The highest BCUT2D eigenvalue weighted by Gasteiger charge is 2.04. The Morgan fingerprint density at radius 3 is 1.67 bits per heavy atom. The Balaban J connectivity index is 1.88. The first-order chi connectivity index (χ1) is 14.5. The minimum absolute atomic E-state index is 0.725. The minimum atomic E-state index is 0.725. The Labute approximate surface area is 186 Å². The van der Waals surface area contributed by atoms with Gasteiger partial charge in [0.2, 0.25) is 0 Å². The molecular formula is C24H34ClN5. The van der Waals surface area contributed by atoms with Crippen LogP contribution in [-0.4, -0.2) is 62.9 Å². The van der Waals surface area contributed by atoms with Crippen molar-refractivity contribution in [2.75, 3.05) is 46.3 Å². The molecule has 0 heterocycles. The summed E-state index contributed by atoms with van der Waals surface area (Å²) < 4.78 is 0. The van der Waals surface area contributed by atoms with E-state index in [1.54, 1.807) is 0 Å². The quantitative estimate of drug-likeness (QED) is 0.445. The van der Waals surface area contributed by atoms with E-state index in [1.807, 2.05) is 24.3 Å². The van der Waals surface area contributed by atoms with E-state index in [0.29, 0.717) is 0 Å². The Hall–Kier alpha value is -2.37. The van der Waals surface area contributed by atoms with Gasteiger partial charge in [-0.25, -0.2) is 0 Å². The van der Waals surface area contributed by atoms with Gasteiger partial charge in [-0.15, -0.1) is 0 Å². The summed E-state index contributed by atoms with van der Waals surface area (Å²) in [6.45, 7) is 11.2. The van der Waals surface area contributed by atoms with Crippen LogP contribution in [0.5, 0.6) is 0 Å². The number of rotatable bonds is 10. The summed E-state index contributed by atoms with van der Waals surface area (Å²) in [5.41, 5.74) is 3.44. The Kier molecular flexibility index (Phi) is 10.4. The van der Waals surface area contributed by atoms with Crippen LogP contribution in [0, 0.1) is 6.92 Å². The molecule has 2 N–H and O–H groups in total. The molecule has 0 bridgehead atoms. The van der Waals surface area contributed by atoms with E-state index >= 15 is 0 Å². The molecule has 0 saturated carbocycles. The summed E-state index contributed by atoms with van der Waals surface area (Å²) in [6.07, 6.45) is 0. The van der Waals surface area contributed by atoms with Crippen LogP contribution >= 0.6 is 11.6 Å².